The van der Waals surface area contributed by atoms with Gasteiger partial charge < -0.3 is 15.0 Å². The molecule has 0 saturated heterocycles. The van der Waals surface area contributed by atoms with E-state index in [1.54, 1.807) is 12.1 Å². The van der Waals surface area contributed by atoms with Crippen LogP contribution in [0.2, 0.25) is 5.02 Å². The van der Waals surface area contributed by atoms with Crippen molar-refractivity contribution in [3.05, 3.63) is 70.9 Å². The lowest BCUT2D eigenvalue weighted by Gasteiger charge is -2.17. The minimum atomic E-state index is -0.873. The van der Waals surface area contributed by atoms with E-state index in [9.17, 15) is 9.59 Å². The zero-order valence-corrected chi connectivity index (χ0v) is 18.1. The molecule has 7 nitrogen and oxygen atoms in total. The molecule has 162 valence electrons. The van der Waals surface area contributed by atoms with Gasteiger partial charge in [-0.2, -0.15) is 5.10 Å². The van der Waals surface area contributed by atoms with E-state index in [4.69, 9.17) is 16.3 Å². The summed E-state index contributed by atoms with van der Waals surface area (Å²) in [5.41, 5.74) is 5.00. The van der Waals surface area contributed by atoms with Crippen LogP contribution >= 0.6 is 11.6 Å². The number of nitrogens with zero attached hydrogens (tertiary/aromatic N) is 1. The fraction of sp³-hybridized carbons (Fsp3) is 0.261. The molecule has 0 aliphatic heterocycles. The van der Waals surface area contributed by atoms with Gasteiger partial charge in [-0.25, -0.2) is 10.2 Å². The van der Waals surface area contributed by atoms with Crippen LogP contribution in [0.15, 0.2) is 59.8 Å². The quantitative estimate of drug-likeness (QED) is 0.360. The Hall–Kier alpha value is -3.32. The molecule has 8 heteroatoms. The van der Waals surface area contributed by atoms with Crippen molar-refractivity contribution < 1.29 is 14.3 Å². The van der Waals surface area contributed by atoms with Gasteiger partial charge in [0.25, 0.3) is 5.91 Å². The van der Waals surface area contributed by atoms with Gasteiger partial charge in [-0.3, -0.25) is 4.79 Å². The second-order valence-corrected chi connectivity index (χ2v) is 7.92. The highest BCUT2D eigenvalue weighted by molar-refractivity contribution is 6.33. The lowest BCUT2D eigenvalue weighted by atomic mass is 10.0. The first-order valence-electron chi connectivity index (χ1n) is 9.99. The summed E-state index contributed by atoms with van der Waals surface area (Å²) in [6.45, 7) is 4.14. The number of aromatic nitrogens is 1. The topological polar surface area (TPSA) is 95.6 Å². The second-order valence-electron chi connectivity index (χ2n) is 7.51. The van der Waals surface area contributed by atoms with E-state index in [0.717, 1.165) is 16.5 Å². The van der Waals surface area contributed by atoms with E-state index in [-0.39, 0.29) is 18.9 Å². The van der Waals surface area contributed by atoms with Crippen LogP contribution in [-0.2, 0) is 16.0 Å². The van der Waals surface area contributed by atoms with Crippen LogP contribution in [0.3, 0.4) is 0 Å². The molecule has 1 aromatic heterocycles. The Labute approximate surface area is 185 Å². The van der Waals surface area contributed by atoms with Gasteiger partial charge in [0.2, 0.25) is 0 Å². The summed E-state index contributed by atoms with van der Waals surface area (Å²) in [4.78, 5) is 28.2. The van der Waals surface area contributed by atoms with Crippen LogP contribution in [0.5, 0.6) is 0 Å². The molecule has 0 fully saturated rings. The largest absolute Gasteiger partial charge is 0.449 e. The first kappa shape index (κ1) is 22.4. The molecular weight excluding hydrogens is 416 g/mol. The number of rotatable bonds is 8. The summed E-state index contributed by atoms with van der Waals surface area (Å²) < 4.78 is 5.19. The number of ether oxygens (including phenoxy) is 1. The molecule has 0 bridgehead atoms. The number of para-hydroxylation sites is 1. The Morgan fingerprint density at radius 2 is 1.90 bits per heavy atom. The van der Waals surface area contributed by atoms with Gasteiger partial charge in [0.1, 0.15) is 6.04 Å². The van der Waals surface area contributed by atoms with Crippen molar-refractivity contribution in [2.45, 2.75) is 26.3 Å². The Bertz CT molecular complexity index is 1080. The molecule has 31 heavy (non-hydrogen) atoms. The number of hydrogen-bond acceptors (Lipinski definition) is 4. The molecule has 1 atom stereocenters. The zero-order chi connectivity index (χ0) is 22.2. The van der Waals surface area contributed by atoms with E-state index in [1.165, 1.54) is 6.21 Å². The van der Waals surface area contributed by atoms with Crippen molar-refractivity contribution in [3.8, 4) is 0 Å². The van der Waals surface area contributed by atoms with Gasteiger partial charge in [0, 0.05) is 34.1 Å². The number of H-pyrrole nitrogens is 1. The number of amides is 2. The molecule has 0 saturated carbocycles. The molecular formula is C23H25ClN4O3. The molecule has 0 aliphatic rings. The molecule has 0 spiro atoms. The maximum absolute atomic E-state index is 12.8. The fourth-order valence-electron chi connectivity index (χ4n) is 2.98. The third-order valence-electron chi connectivity index (χ3n) is 4.54. The highest BCUT2D eigenvalue weighted by Gasteiger charge is 2.23. The summed E-state index contributed by atoms with van der Waals surface area (Å²) in [6, 6.07) is 14.0. The van der Waals surface area contributed by atoms with Crippen molar-refractivity contribution >= 4 is 40.7 Å². The number of fused-ring (bicyclic) bond motifs is 1. The van der Waals surface area contributed by atoms with E-state index in [1.807, 2.05) is 56.4 Å². The summed E-state index contributed by atoms with van der Waals surface area (Å²) in [5, 5.41) is 8.14. The number of alkyl carbamates (subject to hydrolysis) is 1. The number of hydrazone groups is 1. The Kier molecular flexibility index (Phi) is 7.67. The highest BCUT2D eigenvalue weighted by atomic mass is 35.5. The van der Waals surface area contributed by atoms with Crippen LogP contribution in [0.1, 0.15) is 25.0 Å². The molecule has 0 radical (unpaired) electrons. The first-order chi connectivity index (χ1) is 14.9. The van der Waals surface area contributed by atoms with Crippen LogP contribution < -0.4 is 10.7 Å². The second kappa shape index (κ2) is 10.6. The van der Waals surface area contributed by atoms with Crippen LogP contribution in [0.4, 0.5) is 4.79 Å². The van der Waals surface area contributed by atoms with Crippen molar-refractivity contribution in [2.75, 3.05) is 6.61 Å². The first-order valence-corrected chi connectivity index (χ1v) is 10.4. The number of benzene rings is 2. The van der Waals surface area contributed by atoms with Gasteiger partial charge in [-0.05, 0) is 23.6 Å². The molecule has 3 N–H and O–H groups in total. The average molecular weight is 441 g/mol. The SMILES string of the molecule is CC(C)COC(=O)NC(Cc1c[nH]c2ccccc12)C(=O)NN=Cc1ccccc1Cl. The maximum Gasteiger partial charge on any atom is 0.407 e. The normalized spacial score (nSPS) is 12.3. The van der Waals surface area contributed by atoms with Crippen LogP contribution in [0, 0.1) is 5.92 Å². The van der Waals surface area contributed by atoms with Crippen molar-refractivity contribution in [2.24, 2.45) is 11.0 Å². The van der Waals surface area contributed by atoms with Crippen LogP contribution in [-0.4, -0.2) is 35.8 Å². The Balaban J connectivity index is 1.73. The molecule has 2 amide bonds. The smallest absolute Gasteiger partial charge is 0.407 e. The van der Waals surface area contributed by atoms with Crippen molar-refractivity contribution in [1.82, 2.24) is 15.7 Å². The third-order valence-corrected chi connectivity index (χ3v) is 4.88. The number of halogens is 1. The lowest BCUT2D eigenvalue weighted by molar-refractivity contribution is -0.123. The van der Waals surface area contributed by atoms with E-state index in [2.05, 4.69) is 20.8 Å². The summed E-state index contributed by atoms with van der Waals surface area (Å²) in [5.74, 6) is -0.276. The predicted molar refractivity (Wildman–Crippen MR) is 122 cm³/mol. The van der Waals surface area contributed by atoms with E-state index < -0.39 is 18.0 Å². The summed E-state index contributed by atoms with van der Waals surface area (Å²) in [6.07, 6.45) is 2.91. The monoisotopic (exact) mass is 440 g/mol. The van der Waals surface area contributed by atoms with Crippen LogP contribution in [0.25, 0.3) is 10.9 Å². The number of carbonyl (C=O) groups excluding carboxylic acids is 2. The van der Waals surface area contributed by atoms with Gasteiger partial charge in [-0.15, -0.1) is 0 Å². The molecule has 3 rings (SSSR count). The molecule has 0 aliphatic carbocycles. The third kappa shape index (κ3) is 6.33. The van der Waals surface area contributed by atoms with Crippen molar-refractivity contribution in [1.29, 1.82) is 0 Å². The number of nitrogens with one attached hydrogen (secondary N) is 3. The fourth-order valence-corrected chi connectivity index (χ4v) is 3.16. The standard InChI is InChI=1S/C23H25ClN4O3/c1-15(2)14-31-23(30)27-21(11-17-12-25-20-10-6-4-8-18(17)20)22(29)28-26-13-16-7-3-5-9-19(16)24/h3-10,12-13,15,21,25H,11,14H2,1-2H3,(H,27,30)(H,28,29). The average Bonchev–Trinajstić information content (AvgIpc) is 3.16. The Morgan fingerprint density at radius 1 is 1.16 bits per heavy atom. The van der Waals surface area contributed by atoms with Gasteiger partial charge in [-0.1, -0.05) is 61.8 Å². The van der Waals surface area contributed by atoms with Gasteiger partial charge in [0.05, 0.1) is 12.8 Å². The van der Waals surface area contributed by atoms with E-state index >= 15 is 0 Å². The Morgan fingerprint density at radius 3 is 2.68 bits per heavy atom. The minimum Gasteiger partial charge on any atom is -0.449 e. The number of hydrogen-bond donors (Lipinski definition) is 3. The lowest BCUT2D eigenvalue weighted by Crippen LogP contribution is -2.47. The molecule has 1 unspecified atom stereocenters. The molecule has 2 aromatic carbocycles. The summed E-state index contributed by atoms with van der Waals surface area (Å²) >= 11 is 6.10. The van der Waals surface area contributed by atoms with E-state index in [0.29, 0.717) is 10.6 Å². The highest BCUT2D eigenvalue weighted by Crippen LogP contribution is 2.19. The maximum atomic E-state index is 12.8. The minimum absolute atomic E-state index is 0.187. The van der Waals surface area contributed by atoms with Crippen molar-refractivity contribution in [3.63, 3.8) is 0 Å². The molecule has 3 aromatic rings. The number of carbonyl (C=O) groups is 2. The van der Waals surface area contributed by atoms with Gasteiger partial charge >= 0.3 is 6.09 Å². The molecule has 1 heterocycles. The zero-order valence-electron chi connectivity index (χ0n) is 17.4. The number of aromatic amines is 1. The van der Waals surface area contributed by atoms with Gasteiger partial charge in [0.15, 0.2) is 0 Å². The summed E-state index contributed by atoms with van der Waals surface area (Å²) in [7, 11) is 0. The predicted octanol–water partition coefficient (Wildman–Crippen LogP) is 4.26.